The van der Waals surface area contributed by atoms with Crippen molar-refractivity contribution in [1.82, 2.24) is 0 Å². The number of ether oxygens (including phenoxy) is 2. The Morgan fingerprint density at radius 3 is 1.28 bits per heavy atom. The zero-order chi connectivity index (χ0) is 17.9. The van der Waals surface area contributed by atoms with Crippen molar-refractivity contribution >= 4 is 0 Å². The summed E-state index contributed by atoms with van der Waals surface area (Å²) in [5.41, 5.74) is 4.83. The summed E-state index contributed by atoms with van der Waals surface area (Å²) < 4.78 is 10.2. The first-order chi connectivity index (χ1) is 12.2. The summed E-state index contributed by atoms with van der Waals surface area (Å²) in [4.78, 5) is 0. The van der Waals surface area contributed by atoms with Crippen molar-refractivity contribution in [2.24, 2.45) is 0 Å². The lowest BCUT2D eigenvalue weighted by Crippen LogP contribution is -1.88. The Morgan fingerprint density at radius 2 is 1.00 bits per heavy atom. The van der Waals surface area contributed by atoms with Crippen LogP contribution in [0.3, 0.4) is 0 Å². The van der Waals surface area contributed by atoms with E-state index in [2.05, 4.69) is 48.5 Å². The molecule has 0 saturated heterocycles. The molecular weight excluding hydrogens is 312 g/mol. The van der Waals surface area contributed by atoms with Crippen LogP contribution in [0.15, 0.2) is 78.9 Å². The average Bonchev–Trinajstić information content (AvgIpc) is 2.65. The van der Waals surface area contributed by atoms with Crippen molar-refractivity contribution in [2.45, 2.75) is 13.2 Å². The summed E-state index contributed by atoms with van der Waals surface area (Å²) in [6, 6.07) is 25.6. The normalized spacial score (nSPS) is 10.0. The van der Waals surface area contributed by atoms with Gasteiger partial charge in [-0.15, -0.1) is 0 Å². The van der Waals surface area contributed by atoms with Crippen molar-refractivity contribution in [3.05, 3.63) is 90.0 Å². The molecule has 0 aromatic heterocycles. The van der Waals surface area contributed by atoms with E-state index in [1.54, 1.807) is 38.5 Å². The van der Waals surface area contributed by atoms with E-state index in [9.17, 15) is 0 Å². The van der Waals surface area contributed by atoms with Crippen molar-refractivity contribution in [3.63, 3.8) is 0 Å². The minimum Gasteiger partial charge on any atom is -0.508 e. The molecule has 3 nitrogen and oxygen atoms in total. The lowest BCUT2D eigenvalue weighted by Gasteiger charge is -2.05. The third kappa shape index (κ3) is 6.42. The first-order valence-electron chi connectivity index (χ1n) is 8.13. The SMILES string of the molecule is COCc1ccc(-c2ccc(COC)cc2)cc1.Oc1ccccc1. The summed E-state index contributed by atoms with van der Waals surface area (Å²) in [5.74, 6) is 0.322. The third-order valence-electron chi connectivity index (χ3n) is 3.62. The van der Waals surface area contributed by atoms with Gasteiger partial charge in [-0.3, -0.25) is 0 Å². The predicted octanol–water partition coefficient (Wildman–Crippen LogP) is 5.04. The topological polar surface area (TPSA) is 38.7 Å². The molecule has 0 spiro atoms. The molecule has 3 heteroatoms. The fourth-order valence-corrected chi connectivity index (χ4v) is 2.35. The van der Waals surface area contributed by atoms with Gasteiger partial charge in [0.05, 0.1) is 13.2 Å². The lowest BCUT2D eigenvalue weighted by atomic mass is 10.0. The van der Waals surface area contributed by atoms with E-state index in [-0.39, 0.29) is 0 Å². The van der Waals surface area contributed by atoms with Crippen molar-refractivity contribution in [1.29, 1.82) is 0 Å². The largest absolute Gasteiger partial charge is 0.508 e. The van der Waals surface area contributed by atoms with Crippen LogP contribution in [0.25, 0.3) is 11.1 Å². The van der Waals surface area contributed by atoms with Crippen LogP contribution in [0.2, 0.25) is 0 Å². The van der Waals surface area contributed by atoms with Crippen LogP contribution in [0.4, 0.5) is 0 Å². The molecule has 0 aliphatic carbocycles. The Morgan fingerprint density at radius 1 is 0.600 bits per heavy atom. The molecule has 0 fully saturated rings. The highest BCUT2D eigenvalue weighted by molar-refractivity contribution is 5.63. The molecular formula is C22H24O3. The van der Waals surface area contributed by atoms with E-state index >= 15 is 0 Å². The van der Waals surface area contributed by atoms with Gasteiger partial charge in [-0.1, -0.05) is 66.7 Å². The molecule has 0 heterocycles. The van der Waals surface area contributed by atoms with Crippen LogP contribution in [0, 0.1) is 0 Å². The van der Waals surface area contributed by atoms with Gasteiger partial charge >= 0.3 is 0 Å². The number of methoxy groups -OCH3 is 2. The molecule has 0 aliphatic rings. The average molecular weight is 336 g/mol. The number of hydrogen-bond donors (Lipinski definition) is 1. The highest BCUT2D eigenvalue weighted by Gasteiger charge is 1.99. The Hall–Kier alpha value is -2.62. The molecule has 0 aliphatic heterocycles. The van der Waals surface area contributed by atoms with Crippen molar-refractivity contribution < 1.29 is 14.6 Å². The van der Waals surface area contributed by atoms with E-state index in [1.807, 2.05) is 6.07 Å². The smallest absolute Gasteiger partial charge is 0.115 e. The second-order valence-corrected chi connectivity index (χ2v) is 5.60. The molecule has 3 aromatic carbocycles. The van der Waals surface area contributed by atoms with Crippen LogP contribution in [-0.2, 0) is 22.7 Å². The van der Waals surface area contributed by atoms with Crippen LogP contribution in [0.1, 0.15) is 11.1 Å². The number of aromatic hydroxyl groups is 1. The van der Waals surface area contributed by atoms with Crippen LogP contribution in [-0.4, -0.2) is 19.3 Å². The number of hydrogen-bond acceptors (Lipinski definition) is 3. The number of benzene rings is 3. The summed E-state index contributed by atoms with van der Waals surface area (Å²) in [5, 5.41) is 8.63. The highest BCUT2D eigenvalue weighted by atomic mass is 16.5. The fourth-order valence-electron chi connectivity index (χ4n) is 2.35. The molecule has 3 aromatic rings. The molecule has 0 unspecified atom stereocenters. The zero-order valence-electron chi connectivity index (χ0n) is 14.7. The molecule has 25 heavy (non-hydrogen) atoms. The maximum absolute atomic E-state index is 8.63. The molecule has 0 radical (unpaired) electrons. The quantitative estimate of drug-likeness (QED) is 0.709. The van der Waals surface area contributed by atoms with Gasteiger partial charge in [0.2, 0.25) is 0 Å². The third-order valence-corrected chi connectivity index (χ3v) is 3.62. The molecule has 0 atom stereocenters. The van der Waals surface area contributed by atoms with E-state index in [1.165, 1.54) is 22.3 Å². The molecule has 0 saturated carbocycles. The van der Waals surface area contributed by atoms with Crippen molar-refractivity contribution in [3.8, 4) is 16.9 Å². The minimum atomic E-state index is 0.322. The van der Waals surface area contributed by atoms with Crippen molar-refractivity contribution in [2.75, 3.05) is 14.2 Å². The Kier molecular flexibility index (Phi) is 7.70. The monoisotopic (exact) mass is 336 g/mol. The number of phenolic OH excluding ortho intramolecular Hbond substituents is 1. The van der Waals surface area contributed by atoms with Gasteiger partial charge in [0.15, 0.2) is 0 Å². The Bertz CT molecular complexity index is 672. The van der Waals surface area contributed by atoms with Crippen LogP contribution in [0.5, 0.6) is 5.75 Å². The second-order valence-electron chi connectivity index (χ2n) is 5.60. The predicted molar refractivity (Wildman–Crippen MR) is 101 cm³/mol. The van der Waals surface area contributed by atoms with Gasteiger partial charge in [0.1, 0.15) is 5.75 Å². The summed E-state index contributed by atoms with van der Waals surface area (Å²) in [7, 11) is 3.42. The zero-order valence-corrected chi connectivity index (χ0v) is 14.7. The van der Waals surface area contributed by atoms with Gasteiger partial charge < -0.3 is 14.6 Å². The fraction of sp³-hybridized carbons (Fsp3) is 0.182. The van der Waals surface area contributed by atoms with E-state index < -0.39 is 0 Å². The molecule has 0 amide bonds. The van der Waals surface area contributed by atoms with Crippen LogP contribution >= 0.6 is 0 Å². The number of rotatable bonds is 5. The maximum Gasteiger partial charge on any atom is 0.115 e. The van der Waals surface area contributed by atoms with Gasteiger partial charge in [-0.2, -0.15) is 0 Å². The van der Waals surface area contributed by atoms with E-state index in [0.29, 0.717) is 19.0 Å². The molecule has 130 valence electrons. The first-order valence-corrected chi connectivity index (χ1v) is 8.13. The summed E-state index contributed by atoms with van der Waals surface area (Å²) in [6.07, 6.45) is 0. The van der Waals surface area contributed by atoms with Gasteiger partial charge in [-0.25, -0.2) is 0 Å². The summed E-state index contributed by atoms with van der Waals surface area (Å²) in [6.45, 7) is 1.32. The number of phenols is 1. The lowest BCUT2D eigenvalue weighted by molar-refractivity contribution is 0.185. The van der Waals surface area contributed by atoms with Crippen LogP contribution < -0.4 is 0 Å². The minimum absolute atomic E-state index is 0.322. The molecule has 0 bridgehead atoms. The summed E-state index contributed by atoms with van der Waals surface area (Å²) >= 11 is 0. The second kappa shape index (κ2) is 10.3. The molecule has 3 rings (SSSR count). The van der Waals surface area contributed by atoms with Gasteiger partial charge in [-0.05, 0) is 34.4 Å². The molecule has 1 N–H and O–H groups in total. The Labute approximate surface area is 149 Å². The first kappa shape index (κ1) is 18.7. The van der Waals surface area contributed by atoms with E-state index in [0.717, 1.165) is 0 Å². The highest BCUT2D eigenvalue weighted by Crippen LogP contribution is 2.20. The number of para-hydroxylation sites is 1. The maximum atomic E-state index is 8.63. The van der Waals surface area contributed by atoms with Gasteiger partial charge in [0.25, 0.3) is 0 Å². The standard InChI is InChI=1S/C16H18O2.C6H6O/c1-17-11-13-3-7-15(8-4-13)16-9-5-14(6-10-16)12-18-2;7-6-4-2-1-3-5-6/h3-10H,11-12H2,1-2H3;1-5,7H. The Balaban J connectivity index is 0.000000269. The van der Waals surface area contributed by atoms with E-state index in [4.69, 9.17) is 14.6 Å². The van der Waals surface area contributed by atoms with Gasteiger partial charge in [0, 0.05) is 14.2 Å².